The molecule has 5 heteroatoms. The molecule has 0 aromatic rings. The van der Waals surface area contributed by atoms with Crippen molar-refractivity contribution in [2.75, 3.05) is 13.2 Å². The number of rotatable bonds is 5. The number of unbranched alkanes of at least 4 members (excludes halogenated alkanes) is 1. The molecule has 132 valence electrons. The Labute approximate surface area is 139 Å². The minimum atomic E-state index is -0.342. The summed E-state index contributed by atoms with van der Waals surface area (Å²) in [5.74, 6) is 0.335. The van der Waals surface area contributed by atoms with Crippen LogP contribution in [0.15, 0.2) is 0 Å². The molecule has 1 heterocycles. The van der Waals surface area contributed by atoms with Crippen molar-refractivity contribution in [1.82, 2.24) is 10.6 Å². The number of amides is 2. The predicted molar refractivity (Wildman–Crippen MR) is 89.2 cm³/mol. The van der Waals surface area contributed by atoms with Crippen LogP contribution in [0.25, 0.3) is 0 Å². The summed E-state index contributed by atoms with van der Waals surface area (Å²) in [5.41, 5.74) is 0. The van der Waals surface area contributed by atoms with Gasteiger partial charge in [0.1, 0.15) is 0 Å². The summed E-state index contributed by atoms with van der Waals surface area (Å²) in [6, 6.07) is 0.648. The van der Waals surface area contributed by atoms with E-state index in [1.807, 2.05) is 0 Å². The molecular formula is C18H32N2O3. The maximum atomic E-state index is 12.3. The topological polar surface area (TPSA) is 59.6 Å². The van der Waals surface area contributed by atoms with Crippen molar-refractivity contribution in [3.63, 3.8) is 0 Å². The first-order chi connectivity index (χ1) is 11.2. The van der Waals surface area contributed by atoms with Gasteiger partial charge in [-0.15, -0.1) is 0 Å². The first-order valence-electron chi connectivity index (χ1n) is 9.56. The summed E-state index contributed by atoms with van der Waals surface area (Å²) in [6.45, 7) is 3.65. The molecule has 2 N–H and O–H groups in total. The van der Waals surface area contributed by atoms with Gasteiger partial charge in [-0.2, -0.15) is 0 Å². The van der Waals surface area contributed by atoms with Crippen molar-refractivity contribution >= 4 is 6.03 Å². The van der Waals surface area contributed by atoms with Gasteiger partial charge in [-0.25, -0.2) is 4.79 Å². The van der Waals surface area contributed by atoms with Crippen LogP contribution in [-0.4, -0.2) is 37.1 Å². The highest BCUT2D eigenvalue weighted by molar-refractivity contribution is 5.74. The second kappa shape index (κ2) is 7.84. The molecule has 2 atom stereocenters. The fourth-order valence-electron chi connectivity index (χ4n) is 4.42. The molecule has 5 nitrogen and oxygen atoms in total. The van der Waals surface area contributed by atoms with E-state index < -0.39 is 0 Å². The molecule has 0 aromatic heterocycles. The van der Waals surface area contributed by atoms with Crippen molar-refractivity contribution in [3.8, 4) is 0 Å². The maximum absolute atomic E-state index is 12.3. The molecule has 0 aromatic carbocycles. The Kier molecular flexibility index (Phi) is 5.81. The molecular weight excluding hydrogens is 292 g/mol. The highest BCUT2D eigenvalue weighted by Gasteiger charge is 2.40. The van der Waals surface area contributed by atoms with Gasteiger partial charge < -0.3 is 20.1 Å². The van der Waals surface area contributed by atoms with Crippen LogP contribution in [0.4, 0.5) is 4.79 Å². The van der Waals surface area contributed by atoms with Crippen LogP contribution in [0.3, 0.4) is 0 Å². The Morgan fingerprint density at radius 2 is 1.83 bits per heavy atom. The van der Waals surface area contributed by atoms with Gasteiger partial charge in [0, 0.05) is 24.9 Å². The van der Waals surface area contributed by atoms with E-state index in [4.69, 9.17) is 9.47 Å². The first-order valence-corrected chi connectivity index (χ1v) is 9.56. The van der Waals surface area contributed by atoms with Gasteiger partial charge in [-0.3, -0.25) is 0 Å². The lowest BCUT2D eigenvalue weighted by Gasteiger charge is -2.35. The molecule has 0 unspecified atom stereocenters. The van der Waals surface area contributed by atoms with Crippen molar-refractivity contribution in [3.05, 3.63) is 0 Å². The van der Waals surface area contributed by atoms with Crippen molar-refractivity contribution in [2.45, 2.75) is 89.0 Å². The molecule has 23 heavy (non-hydrogen) atoms. The van der Waals surface area contributed by atoms with E-state index in [0.717, 1.165) is 32.1 Å². The molecule has 0 radical (unpaired) electrons. The molecule has 3 aliphatic rings. The second-order valence-corrected chi connectivity index (χ2v) is 7.44. The molecule has 2 saturated carbocycles. The van der Waals surface area contributed by atoms with Gasteiger partial charge in [0.2, 0.25) is 0 Å². The Morgan fingerprint density at radius 1 is 1.09 bits per heavy atom. The number of carbonyl (C=O) groups excluding carboxylic acids is 1. The van der Waals surface area contributed by atoms with E-state index in [0.29, 0.717) is 25.2 Å². The summed E-state index contributed by atoms with van der Waals surface area (Å²) in [6.07, 6.45) is 11.1. The molecule has 1 aliphatic heterocycles. The van der Waals surface area contributed by atoms with Crippen LogP contribution in [0.2, 0.25) is 0 Å². The third-order valence-corrected chi connectivity index (χ3v) is 5.80. The Hall–Kier alpha value is -0.810. The van der Waals surface area contributed by atoms with Crippen molar-refractivity contribution in [2.24, 2.45) is 5.92 Å². The summed E-state index contributed by atoms with van der Waals surface area (Å²) in [7, 11) is 0. The quantitative estimate of drug-likeness (QED) is 0.815. The minimum absolute atomic E-state index is 0.0209. The lowest BCUT2D eigenvalue weighted by molar-refractivity contribution is -0.179. The van der Waals surface area contributed by atoms with Gasteiger partial charge in [0.25, 0.3) is 0 Å². The molecule has 1 saturated heterocycles. The van der Waals surface area contributed by atoms with E-state index >= 15 is 0 Å². The first kappa shape index (κ1) is 17.0. The van der Waals surface area contributed by atoms with Crippen LogP contribution < -0.4 is 10.6 Å². The Morgan fingerprint density at radius 3 is 2.52 bits per heavy atom. The predicted octanol–water partition coefficient (Wildman–Crippen LogP) is 3.33. The summed E-state index contributed by atoms with van der Waals surface area (Å²) in [4.78, 5) is 12.3. The zero-order chi connectivity index (χ0) is 16.1. The standard InChI is InChI=1S/C18H32N2O3/c1-2-3-5-14-6-4-7-16(14)20-17(21)19-15-8-10-18(11-9-15)22-12-13-23-18/h14-16H,2-13H2,1H3,(H2,19,20,21)/t14-,16+/m0/s1. The molecule has 2 amide bonds. The van der Waals surface area contributed by atoms with Crippen LogP contribution in [0, 0.1) is 5.92 Å². The third-order valence-electron chi connectivity index (χ3n) is 5.80. The summed E-state index contributed by atoms with van der Waals surface area (Å²) in [5, 5.41) is 6.40. The van der Waals surface area contributed by atoms with E-state index in [-0.39, 0.29) is 17.9 Å². The van der Waals surface area contributed by atoms with E-state index in [9.17, 15) is 4.79 Å². The van der Waals surface area contributed by atoms with Gasteiger partial charge in [0.15, 0.2) is 5.79 Å². The molecule has 3 fully saturated rings. The number of carbonyl (C=O) groups is 1. The summed E-state index contributed by atoms with van der Waals surface area (Å²) >= 11 is 0. The SMILES string of the molecule is CCCC[C@H]1CCC[C@H]1NC(=O)NC1CCC2(CC1)OCCO2. The lowest BCUT2D eigenvalue weighted by Crippen LogP contribution is -2.50. The molecule has 2 aliphatic carbocycles. The van der Waals surface area contributed by atoms with Crippen LogP contribution in [-0.2, 0) is 9.47 Å². The van der Waals surface area contributed by atoms with E-state index in [2.05, 4.69) is 17.6 Å². The Balaban J connectivity index is 1.39. The van der Waals surface area contributed by atoms with Crippen LogP contribution in [0.1, 0.15) is 71.1 Å². The van der Waals surface area contributed by atoms with Gasteiger partial charge in [-0.1, -0.05) is 26.2 Å². The van der Waals surface area contributed by atoms with Gasteiger partial charge in [0.05, 0.1) is 13.2 Å². The monoisotopic (exact) mass is 324 g/mol. The number of hydrogen-bond donors (Lipinski definition) is 2. The van der Waals surface area contributed by atoms with Crippen molar-refractivity contribution < 1.29 is 14.3 Å². The van der Waals surface area contributed by atoms with Gasteiger partial charge in [-0.05, 0) is 38.0 Å². The minimum Gasteiger partial charge on any atom is -0.348 e. The maximum Gasteiger partial charge on any atom is 0.315 e. The Bertz CT molecular complexity index is 386. The molecule has 0 bridgehead atoms. The van der Waals surface area contributed by atoms with Crippen LogP contribution >= 0.6 is 0 Å². The smallest absolute Gasteiger partial charge is 0.315 e. The third kappa shape index (κ3) is 4.38. The van der Waals surface area contributed by atoms with Crippen molar-refractivity contribution in [1.29, 1.82) is 0 Å². The fraction of sp³-hybridized carbons (Fsp3) is 0.944. The zero-order valence-electron chi connectivity index (χ0n) is 14.4. The molecule has 3 rings (SSSR count). The number of ether oxygens (including phenoxy) is 2. The average Bonchev–Trinajstić information content (AvgIpc) is 3.18. The fourth-order valence-corrected chi connectivity index (χ4v) is 4.42. The molecule has 1 spiro atoms. The second-order valence-electron chi connectivity index (χ2n) is 7.44. The lowest BCUT2D eigenvalue weighted by atomic mass is 9.90. The highest BCUT2D eigenvalue weighted by Crippen LogP contribution is 2.35. The van der Waals surface area contributed by atoms with Crippen LogP contribution in [0.5, 0.6) is 0 Å². The average molecular weight is 324 g/mol. The summed E-state index contributed by atoms with van der Waals surface area (Å²) < 4.78 is 11.5. The number of nitrogens with one attached hydrogen (secondary N) is 2. The highest BCUT2D eigenvalue weighted by atomic mass is 16.7. The van der Waals surface area contributed by atoms with E-state index in [1.54, 1.807) is 0 Å². The normalized spacial score (nSPS) is 30.7. The zero-order valence-corrected chi connectivity index (χ0v) is 14.4. The van der Waals surface area contributed by atoms with Gasteiger partial charge >= 0.3 is 6.03 Å². The largest absolute Gasteiger partial charge is 0.348 e. The van der Waals surface area contributed by atoms with E-state index in [1.165, 1.54) is 32.1 Å². The number of hydrogen-bond acceptors (Lipinski definition) is 3. The number of urea groups is 1.